The predicted octanol–water partition coefficient (Wildman–Crippen LogP) is 2.11. The summed E-state index contributed by atoms with van der Waals surface area (Å²) in [6, 6.07) is 7.40. The molecular formula is C9H8ClN3. The summed E-state index contributed by atoms with van der Waals surface area (Å²) in [6.07, 6.45) is 3.36. The molecule has 66 valence electrons. The maximum Gasteiger partial charge on any atom is 0.0724 e. The highest BCUT2D eigenvalue weighted by Crippen LogP contribution is 2.13. The van der Waals surface area contributed by atoms with Crippen LogP contribution in [0, 0.1) is 0 Å². The molecule has 0 atom stereocenters. The van der Waals surface area contributed by atoms with Crippen molar-refractivity contribution in [2.24, 2.45) is 0 Å². The van der Waals surface area contributed by atoms with Crippen molar-refractivity contribution in [1.82, 2.24) is 9.78 Å². The largest absolute Gasteiger partial charge is 0.396 e. The normalized spacial score (nSPS) is 10.2. The van der Waals surface area contributed by atoms with E-state index in [1.807, 2.05) is 24.3 Å². The molecule has 1 aromatic heterocycles. The number of rotatable bonds is 1. The van der Waals surface area contributed by atoms with Gasteiger partial charge in [-0.3, -0.25) is 0 Å². The Balaban J connectivity index is 2.41. The minimum Gasteiger partial charge on any atom is -0.396 e. The maximum absolute atomic E-state index is 5.75. The van der Waals surface area contributed by atoms with E-state index in [0.717, 1.165) is 5.69 Å². The lowest BCUT2D eigenvalue weighted by Crippen LogP contribution is -1.92. The molecule has 2 N–H and O–H groups in total. The van der Waals surface area contributed by atoms with Crippen molar-refractivity contribution in [3.63, 3.8) is 0 Å². The zero-order valence-electron chi connectivity index (χ0n) is 6.81. The minimum atomic E-state index is 0.648. The lowest BCUT2D eigenvalue weighted by molar-refractivity contribution is 0.881. The SMILES string of the molecule is Nc1cnn(-c2ccc(Cl)cc2)c1. The summed E-state index contributed by atoms with van der Waals surface area (Å²) in [5.41, 5.74) is 7.13. The van der Waals surface area contributed by atoms with Crippen LogP contribution in [0.3, 0.4) is 0 Å². The fourth-order valence-corrected chi connectivity index (χ4v) is 1.20. The van der Waals surface area contributed by atoms with Gasteiger partial charge in [-0.2, -0.15) is 5.10 Å². The smallest absolute Gasteiger partial charge is 0.0724 e. The van der Waals surface area contributed by atoms with Gasteiger partial charge in [0.2, 0.25) is 0 Å². The van der Waals surface area contributed by atoms with Gasteiger partial charge >= 0.3 is 0 Å². The van der Waals surface area contributed by atoms with Crippen LogP contribution < -0.4 is 5.73 Å². The van der Waals surface area contributed by atoms with Crippen LogP contribution in [0.25, 0.3) is 5.69 Å². The van der Waals surface area contributed by atoms with Crippen molar-refractivity contribution in [3.05, 3.63) is 41.7 Å². The monoisotopic (exact) mass is 193 g/mol. The second-order valence-corrected chi connectivity index (χ2v) is 3.13. The van der Waals surface area contributed by atoms with Crippen LogP contribution in [0.1, 0.15) is 0 Å². The average molecular weight is 194 g/mol. The van der Waals surface area contributed by atoms with E-state index >= 15 is 0 Å². The van der Waals surface area contributed by atoms with E-state index in [0.29, 0.717) is 10.7 Å². The molecule has 0 aliphatic heterocycles. The Bertz CT molecular complexity index is 405. The third-order valence-corrected chi connectivity index (χ3v) is 1.95. The van der Waals surface area contributed by atoms with Crippen molar-refractivity contribution >= 4 is 17.3 Å². The van der Waals surface area contributed by atoms with Gasteiger partial charge in [-0.15, -0.1) is 0 Å². The van der Waals surface area contributed by atoms with Crippen molar-refractivity contribution in [3.8, 4) is 5.69 Å². The Morgan fingerprint density at radius 3 is 2.46 bits per heavy atom. The van der Waals surface area contributed by atoms with E-state index in [9.17, 15) is 0 Å². The number of aromatic nitrogens is 2. The van der Waals surface area contributed by atoms with Crippen LogP contribution in [0.5, 0.6) is 0 Å². The van der Waals surface area contributed by atoms with Gasteiger partial charge < -0.3 is 5.73 Å². The third kappa shape index (κ3) is 1.65. The summed E-state index contributed by atoms with van der Waals surface area (Å²) in [5, 5.41) is 4.78. The first-order valence-corrected chi connectivity index (χ1v) is 4.19. The fourth-order valence-electron chi connectivity index (χ4n) is 1.07. The molecule has 13 heavy (non-hydrogen) atoms. The van der Waals surface area contributed by atoms with E-state index in [1.54, 1.807) is 17.1 Å². The van der Waals surface area contributed by atoms with Crippen LogP contribution in [-0.2, 0) is 0 Å². The highest BCUT2D eigenvalue weighted by molar-refractivity contribution is 6.30. The molecule has 0 saturated carbocycles. The molecule has 3 nitrogen and oxygen atoms in total. The van der Waals surface area contributed by atoms with Gasteiger partial charge in [-0.05, 0) is 24.3 Å². The zero-order valence-corrected chi connectivity index (χ0v) is 7.57. The first kappa shape index (κ1) is 8.13. The zero-order chi connectivity index (χ0) is 9.26. The molecule has 4 heteroatoms. The van der Waals surface area contributed by atoms with E-state index in [-0.39, 0.29) is 0 Å². The highest BCUT2D eigenvalue weighted by Gasteiger charge is 1.97. The van der Waals surface area contributed by atoms with Gasteiger partial charge in [-0.25, -0.2) is 4.68 Å². The number of benzene rings is 1. The van der Waals surface area contributed by atoms with Crippen LogP contribution >= 0.6 is 11.6 Å². The molecule has 2 rings (SSSR count). The van der Waals surface area contributed by atoms with Crippen molar-refractivity contribution in [2.45, 2.75) is 0 Å². The summed E-state index contributed by atoms with van der Waals surface area (Å²) < 4.78 is 1.70. The highest BCUT2D eigenvalue weighted by atomic mass is 35.5. The maximum atomic E-state index is 5.75. The molecule has 1 heterocycles. The number of anilines is 1. The summed E-state index contributed by atoms with van der Waals surface area (Å²) in [6.45, 7) is 0. The van der Waals surface area contributed by atoms with Crippen molar-refractivity contribution in [2.75, 3.05) is 5.73 Å². The van der Waals surface area contributed by atoms with E-state index in [2.05, 4.69) is 5.10 Å². The van der Waals surface area contributed by atoms with Gasteiger partial charge in [0, 0.05) is 5.02 Å². The molecule has 0 spiro atoms. The number of hydrogen-bond donors (Lipinski definition) is 1. The second kappa shape index (κ2) is 3.11. The van der Waals surface area contributed by atoms with E-state index in [1.165, 1.54) is 0 Å². The Kier molecular flexibility index (Phi) is 1.94. The standard InChI is InChI=1S/C9H8ClN3/c10-7-1-3-9(4-2-7)13-6-8(11)5-12-13/h1-6H,11H2. The van der Waals surface area contributed by atoms with Gasteiger partial charge in [0.1, 0.15) is 0 Å². The average Bonchev–Trinajstić information content (AvgIpc) is 2.53. The lowest BCUT2D eigenvalue weighted by atomic mass is 10.3. The Labute approximate surface area is 80.7 Å². The number of nitrogens with two attached hydrogens (primary N) is 1. The predicted molar refractivity (Wildman–Crippen MR) is 53.0 cm³/mol. The molecule has 0 unspecified atom stereocenters. The molecule has 0 amide bonds. The lowest BCUT2D eigenvalue weighted by Gasteiger charge is -1.99. The third-order valence-electron chi connectivity index (χ3n) is 1.69. The molecule has 0 saturated heterocycles. The number of hydrogen-bond acceptors (Lipinski definition) is 2. The molecule has 0 aliphatic carbocycles. The van der Waals surface area contributed by atoms with Gasteiger partial charge in [0.25, 0.3) is 0 Å². The van der Waals surface area contributed by atoms with Gasteiger partial charge in [0.05, 0.1) is 23.8 Å². The molecule has 0 aliphatic rings. The number of nitrogen functional groups attached to an aromatic ring is 1. The molecule has 0 bridgehead atoms. The second-order valence-electron chi connectivity index (χ2n) is 2.69. The van der Waals surface area contributed by atoms with E-state index < -0.39 is 0 Å². The van der Waals surface area contributed by atoms with Crippen LogP contribution in [-0.4, -0.2) is 9.78 Å². The van der Waals surface area contributed by atoms with Crippen LogP contribution in [0.4, 0.5) is 5.69 Å². The Morgan fingerprint density at radius 2 is 1.92 bits per heavy atom. The summed E-state index contributed by atoms with van der Waals surface area (Å²) in [4.78, 5) is 0. The van der Waals surface area contributed by atoms with E-state index in [4.69, 9.17) is 17.3 Å². The minimum absolute atomic E-state index is 0.648. The van der Waals surface area contributed by atoms with Gasteiger partial charge in [0.15, 0.2) is 0 Å². The van der Waals surface area contributed by atoms with Gasteiger partial charge in [-0.1, -0.05) is 11.6 Å². The number of halogens is 1. The fraction of sp³-hybridized carbons (Fsp3) is 0. The topological polar surface area (TPSA) is 43.8 Å². The summed E-state index contributed by atoms with van der Waals surface area (Å²) >= 11 is 5.75. The Morgan fingerprint density at radius 1 is 1.23 bits per heavy atom. The quantitative estimate of drug-likeness (QED) is 0.754. The van der Waals surface area contributed by atoms with Crippen molar-refractivity contribution < 1.29 is 0 Å². The molecule has 2 aromatic rings. The van der Waals surface area contributed by atoms with Crippen LogP contribution in [0.2, 0.25) is 5.02 Å². The summed E-state index contributed by atoms with van der Waals surface area (Å²) in [7, 11) is 0. The molecule has 0 fully saturated rings. The Hall–Kier alpha value is -1.48. The molecular weight excluding hydrogens is 186 g/mol. The first-order chi connectivity index (χ1) is 6.25. The van der Waals surface area contributed by atoms with Crippen molar-refractivity contribution in [1.29, 1.82) is 0 Å². The van der Waals surface area contributed by atoms with Crippen LogP contribution in [0.15, 0.2) is 36.7 Å². The molecule has 1 aromatic carbocycles. The number of nitrogens with zero attached hydrogens (tertiary/aromatic N) is 2. The molecule has 0 radical (unpaired) electrons. The summed E-state index contributed by atoms with van der Waals surface area (Å²) in [5.74, 6) is 0. The first-order valence-electron chi connectivity index (χ1n) is 3.82.